The first-order chi connectivity index (χ1) is 9.42. The summed E-state index contributed by atoms with van der Waals surface area (Å²) in [7, 11) is -3.93. The molecule has 1 aromatic carbocycles. The fourth-order valence-electron chi connectivity index (χ4n) is 1.54. The molecule has 0 radical (unpaired) electrons. The molecule has 0 fully saturated rings. The second-order valence-corrected chi connectivity index (χ2v) is 5.95. The van der Waals surface area contributed by atoms with Crippen LogP contribution in [0.3, 0.4) is 0 Å². The number of benzene rings is 1. The van der Waals surface area contributed by atoms with E-state index in [4.69, 9.17) is 16.7 Å². The van der Waals surface area contributed by atoms with Crippen LogP contribution in [0.15, 0.2) is 35.5 Å². The average molecular weight is 320 g/mol. The molecule has 0 aliphatic carbocycles. The Bertz CT molecular complexity index is 717. The molecule has 108 valence electrons. The molecule has 0 spiro atoms. The van der Waals surface area contributed by atoms with Gasteiger partial charge in [-0.25, -0.2) is 12.8 Å². The zero-order chi connectivity index (χ0) is 14.8. The molecule has 0 saturated heterocycles. The highest BCUT2D eigenvalue weighted by atomic mass is 35.5. The third-order valence-corrected chi connectivity index (χ3v) is 4.26. The van der Waals surface area contributed by atoms with Crippen molar-refractivity contribution in [3.05, 3.63) is 41.4 Å². The largest absolute Gasteiger partial charge is 0.394 e. The van der Waals surface area contributed by atoms with Gasteiger partial charge in [0.2, 0.25) is 0 Å². The second kappa shape index (κ2) is 5.78. The number of hydrogen-bond donors (Lipinski definition) is 2. The smallest absolute Gasteiger partial charge is 0.263 e. The molecule has 1 aromatic heterocycles. The van der Waals surface area contributed by atoms with Gasteiger partial charge in [-0.3, -0.25) is 9.40 Å². The lowest BCUT2D eigenvalue weighted by Crippen LogP contribution is -2.13. The van der Waals surface area contributed by atoms with E-state index in [2.05, 4.69) is 9.82 Å². The van der Waals surface area contributed by atoms with Crippen molar-refractivity contribution in [2.45, 2.75) is 11.4 Å². The number of hydrogen-bond acceptors (Lipinski definition) is 4. The summed E-state index contributed by atoms with van der Waals surface area (Å²) in [5, 5.41) is 12.4. The Kier molecular flexibility index (Phi) is 4.26. The van der Waals surface area contributed by atoms with E-state index in [0.717, 1.165) is 18.2 Å². The molecule has 2 N–H and O–H groups in total. The van der Waals surface area contributed by atoms with Crippen molar-refractivity contribution in [2.24, 2.45) is 0 Å². The van der Waals surface area contributed by atoms with Crippen molar-refractivity contribution in [1.82, 2.24) is 9.78 Å². The van der Waals surface area contributed by atoms with E-state index in [1.54, 1.807) is 0 Å². The fourth-order valence-corrected chi connectivity index (χ4v) is 3.10. The van der Waals surface area contributed by atoms with Gasteiger partial charge in [-0.1, -0.05) is 11.6 Å². The van der Waals surface area contributed by atoms with Crippen LogP contribution < -0.4 is 4.72 Å². The van der Waals surface area contributed by atoms with Gasteiger partial charge in [0, 0.05) is 6.20 Å². The lowest BCUT2D eigenvalue weighted by molar-refractivity contribution is 0.269. The standard InChI is InChI=1S/C11H11ClFN3O3S/c12-10-5-8(13)1-2-11(10)20(18,19)15-9-6-14-16(7-9)3-4-17/h1-2,5-7,15,17H,3-4H2. The maximum Gasteiger partial charge on any atom is 0.263 e. The summed E-state index contributed by atoms with van der Waals surface area (Å²) in [6.45, 7) is 0.136. The summed E-state index contributed by atoms with van der Waals surface area (Å²) in [6, 6.07) is 3.01. The maximum absolute atomic E-state index is 12.9. The predicted octanol–water partition coefficient (Wildman–Crippen LogP) is 1.47. The molecule has 0 aliphatic heterocycles. The van der Waals surface area contributed by atoms with E-state index in [1.165, 1.54) is 17.1 Å². The van der Waals surface area contributed by atoms with Crippen molar-refractivity contribution in [2.75, 3.05) is 11.3 Å². The van der Waals surface area contributed by atoms with Crippen LogP contribution in [0.1, 0.15) is 0 Å². The van der Waals surface area contributed by atoms with E-state index >= 15 is 0 Å². The molecule has 0 unspecified atom stereocenters. The molecular formula is C11H11ClFN3O3S. The second-order valence-electron chi connectivity index (χ2n) is 3.90. The number of nitrogens with zero attached hydrogens (tertiary/aromatic N) is 2. The number of aromatic nitrogens is 2. The molecule has 2 rings (SSSR count). The van der Waals surface area contributed by atoms with E-state index in [0.29, 0.717) is 0 Å². The van der Waals surface area contributed by atoms with Crippen molar-refractivity contribution in [3.8, 4) is 0 Å². The topological polar surface area (TPSA) is 84.2 Å². The van der Waals surface area contributed by atoms with Gasteiger partial charge in [0.1, 0.15) is 10.7 Å². The van der Waals surface area contributed by atoms with Crippen molar-refractivity contribution in [3.63, 3.8) is 0 Å². The van der Waals surface area contributed by atoms with Crippen molar-refractivity contribution < 1.29 is 17.9 Å². The SMILES string of the molecule is O=S(=O)(Nc1cnn(CCO)c1)c1ccc(F)cc1Cl. The molecule has 0 bridgehead atoms. The fraction of sp³-hybridized carbons (Fsp3) is 0.182. The van der Waals surface area contributed by atoms with Crippen LogP contribution in [0.2, 0.25) is 5.02 Å². The van der Waals surface area contributed by atoms with Crippen LogP contribution in [0, 0.1) is 5.82 Å². The third kappa shape index (κ3) is 3.27. The van der Waals surface area contributed by atoms with Gasteiger partial charge in [0.15, 0.2) is 0 Å². The normalized spacial score (nSPS) is 11.6. The lowest BCUT2D eigenvalue weighted by Gasteiger charge is -2.07. The Morgan fingerprint density at radius 2 is 2.20 bits per heavy atom. The zero-order valence-electron chi connectivity index (χ0n) is 10.1. The van der Waals surface area contributed by atoms with Gasteiger partial charge < -0.3 is 5.11 Å². The molecule has 6 nitrogen and oxygen atoms in total. The van der Waals surface area contributed by atoms with Gasteiger partial charge >= 0.3 is 0 Å². The molecule has 0 aliphatic rings. The van der Waals surface area contributed by atoms with E-state index in [9.17, 15) is 12.8 Å². The van der Waals surface area contributed by atoms with Gasteiger partial charge in [-0.2, -0.15) is 5.10 Å². The Balaban J connectivity index is 2.26. The summed E-state index contributed by atoms with van der Waals surface area (Å²) in [5.74, 6) is -0.621. The van der Waals surface area contributed by atoms with Crippen molar-refractivity contribution >= 4 is 27.3 Å². The molecule has 9 heteroatoms. The zero-order valence-corrected chi connectivity index (χ0v) is 11.7. The highest BCUT2D eigenvalue weighted by Crippen LogP contribution is 2.24. The molecule has 0 amide bonds. The number of aliphatic hydroxyl groups excluding tert-OH is 1. The first-order valence-electron chi connectivity index (χ1n) is 5.53. The van der Waals surface area contributed by atoms with Crippen LogP contribution in [0.5, 0.6) is 0 Å². The number of halogens is 2. The monoisotopic (exact) mass is 319 g/mol. The highest BCUT2D eigenvalue weighted by molar-refractivity contribution is 7.92. The van der Waals surface area contributed by atoms with Crippen LogP contribution in [-0.2, 0) is 16.6 Å². The number of aliphatic hydroxyl groups is 1. The summed E-state index contributed by atoms with van der Waals surface area (Å²) < 4.78 is 40.8. The Morgan fingerprint density at radius 1 is 1.45 bits per heavy atom. The van der Waals surface area contributed by atoms with E-state index < -0.39 is 15.8 Å². The van der Waals surface area contributed by atoms with Crippen LogP contribution in [0.25, 0.3) is 0 Å². The molecule has 2 aromatic rings. The quantitative estimate of drug-likeness (QED) is 0.874. The molecule has 1 heterocycles. The molecule has 0 atom stereocenters. The maximum atomic E-state index is 12.9. The number of rotatable bonds is 5. The average Bonchev–Trinajstić information content (AvgIpc) is 2.75. The molecule has 20 heavy (non-hydrogen) atoms. The summed E-state index contributed by atoms with van der Waals surface area (Å²) in [4.78, 5) is -0.226. The number of anilines is 1. The third-order valence-electron chi connectivity index (χ3n) is 2.40. The Morgan fingerprint density at radius 3 is 2.85 bits per heavy atom. The van der Waals surface area contributed by atoms with Crippen LogP contribution in [-0.4, -0.2) is 29.9 Å². The summed E-state index contributed by atoms with van der Waals surface area (Å²) in [6.07, 6.45) is 2.72. The Hall–Kier alpha value is -1.64. The van der Waals surface area contributed by atoms with Crippen LogP contribution in [0.4, 0.5) is 10.1 Å². The molecule has 0 saturated carbocycles. The minimum Gasteiger partial charge on any atom is -0.394 e. The summed E-state index contributed by atoms with van der Waals surface area (Å²) in [5.41, 5.74) is 0.221. The summed E-state index contributed by atoms with van der Waals surface area (Å²) >= 11 is 5.72. The number of sulfonamides is 1. The minimum atomic E-state index is -3.93. The van der Waals surface area contributed by atoms with E-state index in [1.807, 2.05) is 0 Å². The van der Waals surface area contributed by atoms with E-state index in [-0.39, 0.29) is 28.8 Å². The number of nitrogens with one attached hydrogen (secondary N) is 1. The van der Waals surface area contributed by atoms with Crippen LogP contribution >= 0.6 is 11.6 Å². The predicted molar refractivity (Wildman–Crippen MR) is 71.5 cm³/mol. The lowest BCUT2D eigenvalue weighted by atomic mass is 10.3. The van der Waals surface area contributed by atoms with Gasteiger partial charge in [-0.15, -0.1) is 0 Å². The minimum absolute atomic E-state index is 0.113. The van der Waals surface area contributed by atoms with Crippen molar-refractivity contribution in [1.29, 1.82) is 0 Å². The highest BCUT2D eigenvalue weighted by Gasteiger charge is 2.19. The first-order valence-corrected chi connectivity index (χ1v) is 7.39. The van der Waals surface area contributed by atoms with Gasteiger partial charge in [0.25, 0.3) is 10.0 Å². The van der Waals surface area contributed by atoms with Gasteiger partial charge in [-0.05, 0) is 18.2 Å². The van der Waals surface area contributed by atoms with Gasteiger partial charge in [0.05, 0.1) is 30.1 Å². The first kappa shape index (κ1) is 14.8. The molecular weight excluding hydrogens is 309 g/mol. The Labute approximate surface area is 119 Å².